The Morgan fingerprint density at radius 3 is 2.14 bits per heavy atom. The molecule has 4 nitrogen and oxygen atoms in total. The van der Waals surface area contributed by atoms with Gasteiger partial charge in [0.05, 0.1) is 5.54 Å². The molecule has 4 heteroatoms. The highest BCUT2D eigenvalue weighted by atomic mass is 16.2. The van der Waals surface area contributed by atoms with E-state index in [1.54, 1.807) is 0 Å². The van der Waals surface area contributed by atoms with Gasteiger partial charge in [0.25, 0.3) is 5.91 Å². The van der Waals surface area contributed by atoms with Crippen LogP contribution < -0.4 is 15.5 Å². The summed E-state index contributed by atoms with van der Waals surface area (Å²) in [6.07, 6.45) is 12.3. The van der Waals surface area contributed by atoms with Gasteiger partial charge in [-0.25, -0.2) is 0 Å². The van der Waals surface area contributed by atoms with Crippen LogP contribution in [0.15, 0.2) is 24.3 Å². The topological polar surface area (TPSA) is 49.0 Å². The van der Waals surface area contributed by atoms with E-state index >= 15 is 0 Å². The summed E-state index contributed by atoms with van der Waals surface area (Å²) in [6.45, 7) is 4.40. The first-order valence-electron chi connectivity index (χ1n) is 11.6. The number of amides is 1. The molecule has 5 fully saturated rings. The van der Waals surface area contributed by atoms with Gasteiger partial charge in [0.1, 0.15) is 0 Å². The summed E-state index contributed by atoms with van der Waals surface area (Å²) < 4.78 is 0. The van der Waals surface area contributed by atoms with Crippen LogP contribution in [0.4, 0.5) is 11.4 Å². The van der Waals surface area contributed by atoms with Crippen molar-refractivity contribution in [3.8, 4) is 0 Å². The summed E-state index contributed by atoms with van der Waals surface area (Å²) in [5, 5.41) is 5.61. The molecule has 0 aromatic heterocycles. The third kappa shape index (κ3) is 3.68. The van der Waals surface area contributed by atoms with Crippen LogP contribution in [-0.4, -0.2) is 30.6 Å². The summed E-state index contributed by atoms with van der Waals surface area (Å²) in [5.41, 5.74) is 2.56. The maximum Gasteiger partial charge on any atom is 0.282 e. The molecule has 1 atom stereocenters. The maximum atomic E-state index is 12.9. The fourth-order valence-electron chi connectivity index (χ4n) is 7.15. The molecule has 4 saturated carbocycles. The second kappa shape index (κ2) is 7.37. The zero-order valence-corrected chi connectivity index (χ0v) is 17.3. The quantitative estimate of drug-likeness (QED) is 0.818. The number of nitrogens with zero attached hydrogens (tertiary/aromatic N) is 1. The van der Waals surface area contributed by atoms with E-state index < -0.39 is 0 Å². The van der Waals surface area contributed by atoms with E-state index in [-0.39, 0.29) is 11.9 Å². The molecule has 1 aliphatic heterocycles. The van der Waals surface area contributed by atoms with Crippen molar-refractivity contribution in [2.45, 2.75) is 76.3 Å². The largest absolute Gasteiger partial charge is 0.372 e. The van der Waals surface area contributed by atoms with Gasteiger partial charge >= 0.3 is 0 Å². The van der Waals surface area contributed by atoms with Crippen molar-refractivity contribution in [2.75, 3.05) is 23.3 Å². The van der Waals surface area contributed by atoms with Gasteiger partial charge in [-0.3, -0.25) is 4.79 Å². The Morgan fingerprint density at radius 1 is 1.00 bits per heavy atom. The molecule has 0 spiro atoms. The predicted molar refractivity (Wildman–Crippen MR) is 113 cm³/mol. The average Bonchev–Trinajstić information content (AvgIpc) is 2.68. The molecule has 0 unspecified atom stereocenters. The van der Waals surface area contributed by atoms with Crippen molar-refractivity contribution in [2.24, 2.45) is 17.8 Å². The van der Waals surface area contributed by atoms with E-state index in [2.05, 4.69) is 46.7 Å². The van der Waals surface area contributed by atoms with E-state index in [4.69, 9.17) is 0 Å². The highest BCUT2D eigenvalue weighted by Crippen LogP contribution is 2.54. The van der Waals surface area contributed by atoms with Crippen molar-refractivity contribution in [1.82, 2.24) is 0 Å². The smallest absolute Gasteiger partial charge is 0.282 e. The highest BCUT2D eigenvalue weighted by molar-refractivity contribution is 5.93. The summed E-state index contributed by atoms with van der Waals surface area (Å²) in [7, 11) is 0. The van der Waals surface area contributed by atoms with Gasteiger partial charge in [-0.2, -0.15) is 0 Å². The highest BCUT2D eigenvalue weighted by Gasteiger charge is 2.54. The van der Waals surface area contributed by atoms with Crippen molar-refractivity contribution >= 4 is 17.3 Å². The molecular weight excluding hydrogens is 346 g/mol. The third-order valence-corrected chi connectivity index (χ3v) is 7.96. The molecular formula is C24H36N3O+. The molecule has 4 aliphatic carbocycles. The van der Waals surface area contributed by atoms with Crippen LogP contribution in [0.1, 0.15) is 64.7 Å². The van der Waals surface area contributed by atoms with Gasteiger partial charge < -0.3 is 15.5 Å². The zero-order valence-electron chi connectivity index (χ0n) is 17.3. The van der Waals surface area contributed by atoms with Gasteiger partial charge in [0.2, 0.25) is 0 Å². The summed E-state index contributed by atoms with van der Waals surface area (Å²) in [6, 6.07) is 8.44. The van der Waals surface area contributed by atoms with Gasteiger partial charge in [-0.15, -0.1) is 0 Å². The Hall–Kier alpha value is -1.55. The number of hydrogen-bond acceptors (Lipinski definition) is 2. The predicted octanol–water partition coefficient (Wildman–Crippen LogP) is 3.54. The first-order valence-corrected chi connectivity index (χ1v) is 11.6. The van der Waals surface area contributed by atoms with Gasteiger partial charge in [0, 0.05) is 43.7 Å². The molecule has 28 heavy (non-hydrogen) atoms. The van der Waals surface area contributed by atoms with Gasteiger partial charge in [-0.05, 0) is 87.5 Å². The minimum atomic E-state index is -0.0157. The Bertz CT molecular complexity index is 672. The maximum absolute atomic E-state index is 12.9. The standard InChI is InChI=1S/C24H35N3O/c1-17(26-24-14-18-11-19(15-24)13-20(12-18)16-24)23(28)25-21-5-7-22(8-6-21)27-9-3-2-4-10-27/h5-8,17-20,26H,2-4,9-16H2,1H3,(H,25,28)/p+1/t17-,18?,19?,20?,24?/m0/s1. The second-order valence-corrected chi connectivity index (χ2v) is 10.3. The van der Waals surface area contributed by atoms with Crippen LogP contribution in [0.25, 0.3) is 0 Å². The summed E-state index contributed by atoms with van der Waals surface area (Å²) in [4.78, 5) is 15.3. The number of carbonyl (C=O) groups is 1. The first kappa shape index (κ1) is 18.5. The van der Waals surface area contributed by atoms with Crippen molar-refractivity contribution in [3.05, 3.63) is 24.3 Å². The van der Waals surface area contributed by atoms with Gasteiger partial charge in [-0.1, -0.05) is 0 Å². The minimum Gasteiger partial charge on any atom is -0.372 e. The molecule has 1 aromatic rings. The van der Waals surface area contributed by atoms with Crippen LogP contribution in [-0.2, 0) is 4.79 Å². The number of nitrogens with two attached hydrogens (primary N) is 1. The van der Waals surface area contributed by atoms with E-state index in [1.165, 1.54) is 63.5 Å². The molecule has 1 amide bonds. The molecule has 0 radical (unpaired) electrons. The Balaban J connectivity index is 1.18. The number of piperidine rings is 1. The van der Waals surface area contributed by atoms with Crippen molar-refractivity contribution in [3.63, 3.8) is 0 Å². The van der Waals surface area contributed by atoms with E-state index in [1.807, 2.05) is 0 Å². The Morgan fingerprint density at radius 2 is 1.57 bits per heavy atom. The van der Waals surface area contributed by atoms with Crippen LogP contribution in [0.5, 0.6) is 0 Å². The van der Waals surface area contributed by atoms with Gasteiger partial charge in [0.15, 0.2) is 6.04 Å². The number of carbonyl (C=O) groups excluding carboxylic acids is 1. The average molecular weight is 383 g/mol. The fraction of sp³-hybridized carbons (Fsp3) is 0.708. The SMILES string of the molecule is C[C@H]([NH2+]C12CC3CC(CC(C3)C1)C2)C(=O)Nc1ccc(N2CCCCC2)cc1. The lowest BCUT2D eigenvalue weighted by Gasteiger charge is -2.55. The number of benzene rings is 1. The molecule has 1 saturated heterocycles. The van der Waals surface area contributed by atoms with Crippen LogP contribution >= 0.6 is 0 Å². The minimum absolute atomic E-state index is 0.0157. The second-order valence-electron chi connectivity index (χ2n) is 10.3. The number of quaternary nitrogens is 1. The Labute approximate surface area is 169 Å². The molecule has 152 valence electrons. The van der Waals surface area contributed by atoms with Crippen LogP contribution in [0, 0.1) is 17.8 Å². The lowest BCUT2D eigenvalue weighted by molar-refractivity contribution is -0.754. The van der Waals surface area contributed by atoms with Crippen LogP contribution in [0.3, 0.4) is 0 Å². The van der Waals surface area contributed by atoms with Crippen molar-refractivity contribution in [1.29, 1.82) is 0 Å². The number of rotatable bonds is 5. The fourth-order valence-corrected chi connectivity index (χ4v) is 7.15. The molecule has 1 aromatic carbocycles. The van der Waals surface area contributed by atoms with Crippen molar-refractivity contribution < 1.29 is 10.1 Å². The summed E-state index contributed by atoms with van der Waals surface area (Å²) >= 11 is 0. The molecule has 1 heterocycles. The third-order valence-electron chi connectivity index (χ3n) is 7.96. The zero-order chi connectivity index (χ0) is 19.1. The lowest BCUT2D eigenvalue weighted by atomic mass is 9.53. The Kier molecular flexibility index (Phi) is 4.86. The van der Waals surface area contributed by atoms with Crippen LogP contribution in [0.2, 0.25) is 0 Å². The molecule has 5 aliphatic rings. The lowest BCUT2D eigenvalue weighted by Crippen LogP contribution is -3.03. The molecule has 4 bridgehead atoms. The first-order chi connectivity index (χ1) is 13.6. The summed E-state index contributed by atoms with van der Waals surface area (Å²) in [5.74, 6) is 2.95. The number of nitrogens with one attached hydrogen (secondary N) is 1. The number of anilines is 2. The van der Waals surface area contributed by atoms with E-state index in [0.717, 1.165) is 36.5 Å². The normalized spacial score (nSPS) is 35.0. The molecule has 3 N–H and O–H groups in total. The van der Waals surface area contributed by atoms with E-state index in [9.17, 15) is 4.79 Å². The monoisotopic (exact) mass is 382 g/mol. The van der Waals surface area contributed by atoms with E-state index in [0.29, 0.717) is 5.54 Å². The molecule has 6 rings (SSSR count). The number of hydrogen-bond donors (Lipinski definition) is 2.